The highest BCUT2D eigenvalue weighted by atomic mass is 16.6. The summed E-state index contributed by atoms with van der Waals surface area (Å²) in [5, 5.41) is 13.5. The Bertz CT molecular complexity index is 1140. The number of piperazine rings is 1. The molecule has 4 rings (SSSR count). The number of aromatic nitrogens is 2. The van der Waals surface area contributed by atoms with Crippen LogP contribution in [-0.4, -0.2) is 70.0 Å². The first kappa shape index (κ1) is 22.7. The van der Waals surface area contributed by atoms with E-state index in [1.165, 1.54) is 24.3 Å². The number of non-ortho nitro benzene ring substituents is 1. The van der Waals surface area contributed by atoms with Crippen molar-refractivity contribution in [2.75, 3.05) is 45.2 Å². The van der Waals surface area contributed by atoms with Gasteiger partial charge in [-0.05, 0) is 44.3 Å². The third-order valence-corrected chi connectivity index (χ3v) is 5.81. The number of rotatable bonds is 8. The van der Waals surface area contributed by atoms with Crippen LogP contribution in [0, 0.1) is 10.1 Å². The number of imidazole rings is 1. The average molecular weight is 453 g/mol. The van der Waals surface area contributed by atoms with Gasteiger partial charge in [0.05, 0.1) is 22.5 Å². The Kier molecular flexibility index (Phi) is 6.85. The summed E-state index contributed by atoms with van der Waals surface area (Å²) in [4.78, 5) is 32.2. The summed E-state index contributed by atoms with van der Waals surface area (Å²) < 4.78 is 7.65. The van der Waals surface area contributed by atoms with Crippen LogP contribution < -0.4 is 10.1 Å². The number of benzene rings is 2. The Morgan fingerprint density at radius 3 is 2.55 bits per heavy atom. The van der Waals surface area contributed by atoms with Gasteiger partial charge in [-0.15, -0.1) is 0 Å². The van der Waals surface area contributed by atoms with E-state index in [1.807, 2.05) is 18.2 Å². The van der Waals surface area contributed by atoms with Crippen LogP contribution in [0.25, 0.3) is 11.0 Å². The number of hydrogen-bond donors (Lipinski definition) is 1. The molecule has 0 unspecified atom stereocenters. The molecule has 1 fully saturated rings. The van der Waals surface area contributed by atoms with Gasteiger partial charge in [0.2, 0.25) is 0 Å². The lowest BCUT2D eigenvalue weighted by Crippen LogP contribution is -2.44. The van der Waals surface area contributed by atoms with E-state index in [9.17, 15) is 14.9 Å². The van der Waals surface area contributed by atoms with Gasteiger partial charge in [0, 0.05) is 50.5 Å². The molecule has 1 saturated heterocycles. The number of nitro benzene ring substituents is 1. The van der Waals surface area contributed by atoms with Crippen molar-refractivity contribution in [2.24, 2.45) is 0 Å². The van der Waals surface area contributed by atoms with Gasteiger partial charge in [0.1, 0.15) is 11.6 Å². The zero-order valence-electron chi connectivity index (χ0n) is 18.9. The summed E-state index contributed by atoms with van der Waals surface area (Å²) >= 11 is 0. The number of carbonyl (C=O) groups is 1. The van der Waals surface area contributed by atoms with Gasteiger partial charge in [0.25, 0.3) is 11.6 Å². The van der Waals surface area contributed by atoms with Crippen molar-refractivity contribution in [2.45, 2.75) is 20.0 Å². The van der Waals surface area contributed by atoms with Gasteiger partial charge in [-0.2, -0.15) is 0 Å². The second kappa shape index (κ2) is 9.97. The maximum atomic E-state index is 12.3. The summed E-state index contributed by atoms with van der Waals surface area (Å²) in [6.07, 6.45) is 0. The number of anilines is 1. The highest BCUT2D eigenvalue weighted by molar-refractivity contribution is 5.94. The molecule has 1 N–H and O–H groups in total. The number of amides is 1. The molecule has 33 heavy (non-hydrogen) atoms. The van der Waals surface area contributed by atoms with Gasteiger partial charge < -0.3 is 19.5 Å². The predicted molar refractivity (Wildman–Crippen MR) is 125 cm³/mol. The maximum absolute atomic E-state index is 12.3. The highest BCUT2D eigenvalue weighted by Crippen LogP contribution is 2.22. The minimum Gasteiger partial charge on any atom is -0.484 e. The van der Waals surface area contributed by atoms with E-state index in [-0.39, 0.29) is 18.2 Å². The zero-order chi connectivity index (χ0) is 23.4. The second-order valence-electron chi connectivity index (χ2n) is 8.14. The van der Waals surface area contributed by atoms with E-state index >= 15 is 0 Å². The number of ether oxygens (including phenoxy) is 1. The van der Waals surface area contributed by atoms with Crippen LogP contribution in [0.2, 0.25) is 0 Å². The molecule has 1 aliphatic rings. The SMILES string of the molecule is CCn1c(CN2CCN(C)CC2)nc2cc(NC(=O)COc3ccc([N+](=O)[O-])cc3)ccc21. The summed E-state index contributed by atoms with van der Waals surface area (Å²) in [6, 6.07) is 11.3. The summed E-state index contributed by atoms with van der Waals surface area (Å²) in [5.41, 5.74) is 2.50. The van der Waals surface area contributed by atoms with E-state index < -0.39 is 4.92 Å². The molecule has 0 aliphatic carbocycles. The van der Waals surface area contributed by atoms with Crippen molar-refractivity contribution < 1.29 is 14.5 Å². The monoisotopic (exact) mass is 452 g/mol. The number of hydrogen-bond acceptors (Lipinski definition) is 7. The van der Waals surface area contributed by atoms with Crippen LogP contribution in [-0.2, 0) is 17.9 Å². The van der Waals surface area contributed by atoms with Gasteiger partial charge >= 0.3 is 0 Å². The van der Waals surface area contributed by atoms with Gasteiger partial charge in [0.15, 0.2) is 6.61 Å². The average Bonchev–Trinajstić information content (AvgIpc) is 3.15. The third-order valence-electron chi connectivity index (χ3n) is 5.81. The maximum Gasteiger partial charge on any atom is 0.269 e. The normalized spacial score (nSPS) is 15.0. The van der Waals surface area contributed by atoms with Gasteiger partial charge in [-0.25, -0.2) is 4.98 Å². The molecule has 1 aromatic heterocycles. The Hall–Kier alpha value is -3.50. The minimum atomic E-state index is -0.483. The van der Waals surface area contributed by atoms with Crippen molar-refractivity contribution in [3.05, 3.63) is 58.4 Å². The molecule has 0 bridgehead atoms. The Morgan fingerprint density at radius 2 is 1.88 bits per heavy atom. The second-order valence-corrected chi connectivity index (χ2v) is 8.14. The number of carbonyl (C=O) groups excluding carboxylic acids is 1. The third kappa shape index (κ3) is 5.47. The molecule has 10 heteroatoms. The number of fused-ring (bicyclic) bond motifs is 1. The number of nitro groups is 1. The molecule has 0 atom stereocenters. The summed E-state index contributed by atoms with van der Waals surface area (Å²) in [5.74, 6) is 1.10. The van der Waals surface area contributed by atoms with Crippen LogP contribution in [0.3, 0.4) is 0 Å². The molecular formula is C23H28N6O4. The summed E-state index contributed by atoms with van der Waals surface area (Å²) in [7, 11) is 2.14. The van der Waals surface area contributed by atoms with Crippen LogP contribution in [0.4, 0.5) is 11.4 Å². The molecule has 1 aliphatic heterocycles. The van der Waals surface area contributed by atoms with Crippen molar-refractivity contribution in [1.29, 1.82) is 0 Å². The lowest BCUT2D eigenvalue weighted by atomic mass is 10.2. The highest BCUT2D eigenvalue weighted by Gasteiger charge is 2.18. The Balaban J connectivity index is 1.39. The largest absolute Gasteiger partial charge is 0.484 e. The van der Waals surface area contributed by atoms with Gasteiger partial charge in [-0.3, -0.25) is 19.8 Å². The Morgan fingerprint density at radius 1 is 1.15 bits per heavy atom. The van der Waals surface area contributed by atoms with E-state index in [2.05, 4.69) is 33.7 Å². The molecule has 174 valence electrons. The molecule has 0 radical (unpaired) electrons. The number of nitrogens with zero attached hydrogens (tertiary/aromatic N) is 5. The standard InChI is InChI=1S/C23H28N6O4/c1-3-28-21-9-4-17(14-20(21)25-22(28)15-27-12-10-26(2)11-13-27)24-23(30)16-33-19-7-5-18(6-8-19)29(31)32/h4-9,14H,3,10-13,15-16H2,1-2H3,(H,24,30). The summed E-state index contributed by atoms with van der Waals surface area (Å²) in [6.45, 7) is 7.72. The van der Waals surface area contributed by atoms with Crippen LogP contribution in [0.5, 0.6) is 5.75 Å². The Labute approximate surface area is 191 Å². The van der Waals surface area contributed by atoms with E-state index in [1.54, 1.807) is 0 Å². The van der Waals surface area contributed by atoms with Crippen LogP contribution in [0.15, 0.2) is 42.5 Å². The quantitative estimate of drug-likeness (QED) is 0.414. The number of likely N-dealkylation sites (N-methyl/N-ethyl adjacent to an activating group) is 1. The minimum absolute atomic E-state index is 0.0291. The van der Waals surface area contributed by atoms with Crippen LogP contribution in [0.1, 0.15) is 12.7 Å². The number of aryl methyl sites for hydroxylation is 1. The van der Waals surface area contributed by atoms with Crippen molar-refractivity contribution in [1.82, 2.24) is 19.4 Å². The molecule has 0 saturated carbocycles. The van der Waals surface area contributed by atoms with Crippen LogP contribution >= 0.6 is 0 Å². The lowest BCUT2D eigenvalue weighted by molar-refractivity contribution is -0.384. The van der Waals surface area contributed by atoms with Crippen molar-refractivity contribution in [3.8, 4) is 5.75 Å². The van der Waals surface area contributed by atoms with Crippen molar-refractivity contribution in [3.63, 3.8) is 0 Å². The number of nitrogens with one attached hydrogen (secondary N) is 1. The first-order valence-corrected chi connectivity index (χ1v) is 11.0. The molecule has 1 amide bonds. The zero-order valence-corrected chi connectivity index (χ0v) is 18.9. The van der Waals surface area contributed by atoms with E-state index in [4.69, 9.17) is 9.72 Å². The predicted octanol–water partition coefficient (Wildman–Crippen LogP) is 2.73. The fraction of sp³-hybridized carbons (Fsp3) is 0.391. The van der Waals surface area contributed by atoms with Crippen molar-refractivity contribution >= 4 is 28.3 Å². The fourth-order valence-corrected chi connectivity index (χ4v) is 3.95. The lowest BCUT2D eigenvalue weighted by Gasteiger charge is -2.32. The fourth-order valence-electron chi connectivity index (χ4n) is 3.95. The molecule has 2 heterocycles. The molecule has 3 aromatic rings. The first-order valence-electron chi connectivity index (χ1n) is 11.0. The van der Waals surface area contributed by atoms with E-state index in [0.717, 1.165) is 56.1 Å². The molecule has 10 nitrogen and oxygen atoms in total. The molecule has 2 aromatic carbocycles. The van der Waals surface area contributed by atoms with Gasteiger partial charge in [-0.1, -0.05) is 0 Å². The van der Waals surface area contributed by atoms with E-state index in [0.29, 0.717) is 11.4 Å². The smallest absolute Gasteiger partial charge is 0.269 e. The topological polar surface area (TPSA) is 106 Å². The molecule has 0 spiro atoms. The molecular weight excluding hydrogens is 424 g/mol. The first-order chi connectivity index (χ1) is 15.9.